The lowest BCUT2D eigenvalue weighted by molar-refractivity contribution is -0.134. The van der Waals surface area contributed by atoms with Crippen LogP contribution >= 0.6 is 0 Å². The molecule has 1 aliphatic rings. The lowest BCUT2D eigenvalue weighted by Crippen LogP contribution is -2.41. The molecule has 1 unspecified atom stereocenters. The van der Waals surface area contributed by atoms with E-state index < -0.39 is 21.7 Å². The molecule has 1 N–H and O–H groups in total. The van der Waals surface area contributed by atoms with E-state index in [0.717, 1.165) is 0 Å². The molecular weight excluding hydrogens is 270 g/mol. The van der Waals surface area contributed by atoms with Crippen molar-refractivity contribution in [3.05, 3.63) is 11.1 Å². The number of aliphatic carboxylic acids is 1. The number of likely N-dealkylation sites (N-methyl/N-ethyl adjacent to an activating group) is 1. The number of nitrogens with zero attached hydrogens (tertiary/aromatic N) is 1. The summed E-state index contributed by atoms with van der Waals surface area (Å²) >= 11 is 0. The van der Waals surface area contributed by atoms with Crippen molar-refractivity contribution in [2.24, 2.45) is 0 Å². The molecule has 19 heavy (non-hydrogen) atoms. The summed E-state index contributed by atoms with van der Waals surface area (Å²) in [5.41, 5.74) is 0.142. The summed E-state index contributed by atoms with van der Waals surface area (Å²) in [5.74, 6) is -1.49. The van der Waals surface area contributed by atoms with Crippen molar-refractivity contribution in [2.45, 2.75) is 33.2 Å². The Bertz CT molecular complexity index is 520. The number of carboxylic acid groups (broad SMARTS) is 1. The fraction of sp³-hybridized carbons (Fsp3) is 0.667. The fourth-order valence-electron chi connectivity index (χ4n) is 2.13. The van der Waals surface area contributed by atoms with Gasteiger partial charge < -0.3 is 10.0 Å². The Labute approximate surface area is 113 Å². The highest BCUT2D eigenvalue weighted by atomic mass is 32.2. The molecule has 1 aliphatic heterocycles. The third kappa shape index (κ3) is 3.56. The maximum atomic E-state index is 12.2. The van der Waals surface area contributed by atoms with Crippen LogP contribution in [0.4, 0.5) is 0 Å². The number of sulfone groups is 1. The second-order valence-corrected chi connectivity index (χ2v) is 6.93. The molecule has 1 amide bonds. The van der Waals surface area contributed by atoms with Crippen LogP contribution in [0.25, 0.3) is 0 Å². The SMILES string of the molecule is CCN(C(=O)C(C)=C(C)C(=O)O)C1CCS(=O)(=O)C1. The van der Waals surface area contributed by atoms with Crippen molar-refractivity contribution in [3.63, 3.8) is 0 Å². The van der Waals surface area contributed by atoms with Gasteiger partial charge in [-0.1, -0.05) is 0 Å². The van der Waals surface area contributed by atoms with E-state index in [-0.39, 0.29) is 28.7 Å². The molecule has 0 aromatic rings. The summed E-state index contributed by atoms with van der Waals surface area (Å²) in [7, 11) is -3.07. The van der Waals surface area contributed by atoms with Crippen LogP contribution in [-0.2, 0) is 19.4 Å². The van der Waals surface area contributed by atoms with E-state index in [9.17, 15) is 18.0 Å². The molecule has 0 spiro atoms. The lowest BCUT2D eigenvalue weighted by atomic mass is 10.1. The number of carbonyl (C=O) groups is 2. The van der Waals surface area contributed by atoms with Crippen LogP contribution in [0, 0.1) is 0 Å². The first-order valence-electron chi connectivity index (χ1n) is 6.11. The summed E-state index contributed by atoms with van der Waals surface area (Å²) in [6.07, 6.45) is 0.418. The normalized spacial score (nSPS) is 22.8. The van der Waals surface area contributed by atoms with Crippen LogP contribution in [0.5, 0.6) is 0 Å². The zero-order valence-corrected chi connectivity index (χ0v) is 12.2. The minimum Gasteiger partial charge on any atom is -0.478 e. The molecule has 108 valence electrons. The van der Waals surface area contributed by atoms with Crippen molar-refractivity contribution < 1.29 is 23.1 Å². The average Bonchev–Trinajstić information content (AvgIpc) is 2.68. The van der Waals surface area contributed by atoms with E-state index in [1.54, 1.807) is 6.92 Å². The molecule has 1 rings (SSSR count). The number of rotatable bonds is 4. The Morgan fingerprint density at radius 2 is 1.84 bits per heavy atom. The largest absolute Gasteiger partial charge is 0.478 e. The Hall–Kier alpha value is -1.37. The molecule has 1 saturated heterocycles. The first-order chi connectivity index (χ1) is 8.69. The van der Waals surface area contributed by atoms with Crippen molar-refractivity contribution in [1.82, 2.24) is 4.90 Å². The molecule has 0 aliphatic carbocycles. The van der Waals surface area contributed by atoms with Crippen LogP contribution in [0.2, 0.25) is 0 Å². The Morgan fingerprint density at radius 3 is 2.21 bits per heavy atom. The zero-order chi connectivity index (χ0) is 14.8. The minimum atomic E-state index is -3.07. The summed E-state index contributed by atoms with van der Waals surface area (Å²) < 4.78 is 22.9. The van der Waals surface area contributed by atoms with Gasteiger partial charge in [-0.3, -0.25) is 4.79 Å². The molecule has 7 heteroatoms. The van der Waals surface area contributed by atoms with Crippen molar-refractivity contribution >= 4 is 21.7 Å². The van der Waals surface area contributed by atoms with Gasteiger partial charge in [0.05, 0.1) is 11.5 Å². The van der Waals surface area contributed by atoms with Crippen LogP contribution in [0.3, 0.4) is 0 Å². The van der Waals surface area contributed by atoms with Gasteiger partial charge in [0.15, 0.2) is 9.84 Å². The molecule has 1 atom stereocenters. The molecule has 1 heterocycles. The summed E-state index contributed by atoms with van der Waals surface area (Å²) in [5, 5.41) is 8.88. The highest BCUT2D eigenvalue weighted by Gasteiger charge is 2.34. The van der Waals surface area contributed by atoms with Gasteiger partial charge in [0, 0.05) is 23.7 Å². The maximum Gasteiger partial charge on any atom is 0.331 e. The Balaban J connectivity index is 2.96. The van der Waals surface area contributed by atoms with Crippen LogP contribution in [0.15, 0.2) is 11.1 Å². The average molecular weight is 289 g/mol. The van der Waals surface area contributed by atoms with E-state index in [1.807, 2.05) is 0 Å². The molecule has 0 bridgehead atoms. The third-order valence-corrected chi connectivity index (χ3v) is 5.21. The smallest absolute Gasteiger partial charge is 0.331 e. The third-order valence-electron chi connectivity index (χ3n) is 3.45. The monoisotopic (exact) mass is 289 g/mol. The lowest BCUT2D eigenvalue weighted by Gasteiger charge is -2.27. The van der Waals surface area contributed by atoms with Crippen molar-refractivity contribution in [3.8, 4) is 0 Å². The molecule has 6 nitrogen and oxygen atoms in total. The van der Waals surface area contributed by atoms with Gasteiger partial charge >= 0.3 is 5.97 Å². The zero-order valence-electron chi connectivity index (χ0n) is 11.3. The second kappa shape index (κ2) is 5.73. The van der Waals surface area contributed by atoms with Gasteiger partial charge in [0.25, 0.3) is 0 Å². The summed E-state index contributed by atoms with van der Waals surface area (Å²) in [6, 6.07) is -0.348. The first kappa shape index (κ1) is 15.7. The highest BCUT2D eigenvalue weighted by Crippen LogP contribution is 2.20. The van der Waals surface area contributed by atoms with E-state index in [2.05, 4.69) is 0 Å². The summed E-state index contributed by atoms with van der Waals surface area (Å²) in [4.78, 5) is 24.5. The Morgan fingerprint density at radius 1 is 1.26 bits per heavy atom. The van der Waals surface area contributed by atoms with Crippen LogP contribution in [0.1, 0.15) is 27.2 Å². The predicted molar refractivity (Wildman–Crippen MR) is 70.5 cm³/mol. The minimum absolute atomic E-state index is 0.00990. The fourth-order valence-corrected chi connectivity index (χ4v) is 3.86. The van der Waals surface area contributed by atoms with Crippen molar-refractivity contribution in [1.29, 1.82) is 0 Å². The number of carboxylic acids is 1. The molecule has 0 saturated carbocycles. The molecular formula is C12H19NO5S. The van der Waals surface area contributed by atoms with Gasteiger partial charge in [-0.05, 0) is 27.2 Å². The highest BCUT2D eigenvalue weighted by molar-refractivity contribution is 7.91. The predicted octanol–water partition coefficient (Wildman–Crippen LogP) is 0.443. The van der Waals surface area contributed by atoms with Gasteiger partial charge in [-0.2, -0.15) is 0 Å². The quantitative estimate of drug-likeness (QED) is 0.758. The maximum absolute atomic E-state index is 12.2. The van der Waals surface area contributed by atoms with Gasteiger partial charge in [-0.15, -0.1) is 0 Å². The first-order valence-corrected chi connectivity index (χ1v) is 7.94. The molecule has 1 fully saturated rings. The van der Waals surface area contributed by atoms with E-state index in [1.165, 1.54) is 18.7 Å². The standard InChI is InChI=1S/C12H19NO5S/c1-4-13(10-5-6-19(17,18)7-10)11(14)8(2)9(3)12(15)16/h10H,4-7H2,1-3H3,(H,15,16). The number of amides is 1. The van der Waals surface area contributed by atoms with Gasteiger partial charge in [0.1, 0.15) is 0 Å². The van der Waals surface area contributed by atoms with E-state index in [4.69, 9.17) is 5.11 Å². The van der Waals surface area contributed by atoms with Crippen LogP contribution < -0.4 is 0 Å². The van der Waals surface area contributed by atoms with E-state index >= 15 is 0 Å². The summed E-state index contributed by atoms with van der Waals surface area (Å²) in [6.45, 7) is 4.95. The molecule has 0 aromatic heterocycles. The number of hydrogen-bond acceptors (Lipinski definition) is 4. The van der Waals surface area contributed by atoms with E-state index in [0.29, 0.717) is 13.0 Å². The number of hydrogen-bond donors (Lipinski definition) is 1. The van der Waals surface area contributed by atoms with Gasteiger partial charge in [-0.25, -0.2) is 13.2 Å². The Kier molecular flexibility index (Phi) is 4.73. The van der Waals surface area contributed by atoms with Gasteiger partial charge in [0.2, 0.25) is 5.91 Å². The second-order valence-electron chi connectivity index (χ2n) is 4.70. The topological polar surface area (TPSA) is 91.8 Å². The molecule has 0 aromatic carbocycles. The molecule has 0 radical (unpaired) electrons. The number of carbonyl (C=O) groups excluding carboxylic acids is 1. The van der Waals surface area contributed by atoms with Crippen molar-refractivity contribution in [2.75, 3.05) is 18.1 Å². The van der Waals surface area contributed by atoms with Crippen LogP contribution in [-0.4, -0.2) is 54.4 Å².